The molecule has 3 rings (SSSR count). The Bertz CT molecular complexity index is 1350. The van der Waals surface area contributed by atoms with Crippen LogP contribution in [0.3, 0.4) is 0 Å². The smallest absolute Gasteiger partial charge is 0.419 e. The van der Waals surface area contributed by atoms with E-state index in [2.05, 4.69) is 10.3 Å². The van der Waals surface area contributed by atoms with E-state index in [-0.39, 0.29) is 22.7 Å². The predicted octanol–water partition coefficient (Wildman–Crippen LogP) is 4.51. The van der Waals surface area contributed by atoms with Crippen molar-refractivity contribution >= 4 is 21.6 Å². The minimum Gasteiger partial charge on any atom is -0.496 e. The van der Waals surface area contributed by atoms with Crippen molar-refractivity contribution in [2.45, 2.75) is 19.1 Å². The summed E-state index contributed by atoms with van der Waals surface area (Å²) in [7, 11) is -2.84. The highest BCUT2D eigenvalue weighted by Gasteiger charge is 2.35. The molecule has 0 aliphatic heterocycles. The Balaban J connectivity index is 1.80. The zero-order valence-electron chi connectivity index (χ0n) is 18.3. The van der Waals surface area contributed by atoms with E-state index in [0.717, 1.165) is 43.9 Å². The van der Waals surface area contributed by atoms with Crippen molar-refractivity contribution < 1.29 is 44.3 Å². The molecule has 8 nitrogen and oxygen atoms in total. The molecule has 35 heavy (non-hydrogen) atoms. The van der Waals surface area contributed by atoms with E-state index in [0.29, 0.717) is 0 Å². The van der Waals surface area contributed by atoms with Gasteiger partial charge in [-0.05, 0) is 42.8 Å². The van der Waals surface area contributed by atoms with Crippen molar-refractivity contribution in [2.24, 2.45) is 0 Å². The van der Waals surface area contributed by atoms with Crippen LogP contribution in [0.25, 0.3) is 11.5 Å². The minimum atomic E-state index is -4.71. The lowest BCUT2D eigenvalue weighted by Crippen LogP contribution is -2.27. The quantitative estimate of drug-likeness (QED) is 0.445. The average molecular weight is 519 g/mol. The van der Waals surface area contributed by atoms with Gasteiger partial charge < -0.3 is 14.5 Å². The molecule has 1 heterocycles. The molecule has 188 valence electrons. The molecular formula is C21H18F5N3O5S. The summed E-state index contributed by atoms with van der Waals surface area (Å²) < 4.78 is 102. The molecule has 1 amide bonds. The maximum absolute atomic E-state index is 14.2. The zero-order valence-corrected chi connectivity index (χ0v) is 19.1. The van der Waals surface area contributed by atoms with Crippen LogP contribution < -0.4 is 14.8 Å². The van der Waals surface area contributed by atoms with Crippen LogP contribution in [0.4, 0.5) is 27.6 Å². The molecule has 3 aromatic rings. The molecule has 0 aliphatic carbocycles. The number of alkyl halides is 3. The summed E-state index contributed by atoms with van der Waals surface area (Å²) in [6.07, 6.45) is -3.07. The lowest BCUT2D eigenvalue weighted by molar-refractivity contribution is -0.138. The summed E-state index contributed by atoms with van der Waals surface area (Å²) >= 11 is 0. The van der Waals surface area contributed by atoms with Gasteiger partial charge in [-0.1, -0.05) is 0 Å². The van der Waals surface area contributed by atoms with Gasteiger partial charge in [0.05, 0.1) is 25.0 Å². The van der Waals surface area contributed by atoms with Crippen LogP contribution in [-0.2, 0) is 16.2 Å². The molecular weight excluding hydrogens is 501 g/mol. The molecule has 0 bridgehead atoms. The third-order valence-corrected chi connectivity index (χ3v) is 5.26. The van der Waals surface area contributed by atoms with Crippen molar-refractivity contribution in [3.8, 4) is 17.2 Å². The number of benzene rings is 2. The number of ether oxygens (including phenoxy) is 1. The third kappa shape index (κ3) is 6.07. The number of oxazole rings is 1. The highest BCUT2D eigenvalue weighted by molar-refractivity contribution is 7.92. The fraction of sp³-hybridized carbons (Fsp3) is 0.238. The third-order valence-electron chi connectivity index (χ3n) is 4.69. The number of methoxy groups -OCH3 is 1. The monoisotopic (exact) mass is 519 g/mol. The van der Waals surface area contributed by atoms with Crippen LogP contribution in [0, 0.1) is 11.6 Å². The van der Waals surface area contributed by atoms with E-state index in [1.165, 1.54) is 13.0 Å². The van der Waals surface area contributed by atoms with Gasteiger partial charge in [0.2, 0.25) is 15.9 Å². The Morgan fingerprint density at radius 1 is 1.14 bits per heavy atom. The predicted molar refractivity (Wildman–Crippen MR) is 114 cm³/mol. The number of nitrogens with one attached hydrogen (secondary N) is 2. The number of carbonyl (C=O) groups excluding carboxylic acids is 1. The second kappa shape index (κ2) is 9.52. The van der Waals surface area contributed by atoms with E-state index in [1.807, 2.05) is 0 Å². The maximum atomic E-state index is 14.2. The first-order valence-corrected chi connectivity index (χ1v) is 11.6. The number of nitrogens with zero attached hydrogens (tertiary/aromatic N) is 1. The van der Waals surface area contributed by atoms with Crippen molar-refractivity contribution in [3.63, 3.8) is 0 Å². The van der Waals surface area contributed by atoms with Gasteiger partial charge in [0.15, 0.2) is 17.3 Å². The van der Waals surface area contributed by atoms with Crippen LogP contribution in [0.2, 0.25) is 0 Å². The summed E-state index contributed by atoms with van der Waals surface area (Å²) in [5.74, 6) is -3.91. The molecule has 0 unspecified atom stereocenters. The van der Waals surface area contributed by atoms with Gasteiger partial charge in [-0.2, -0.15) is 13.2 Å². The summed E-state index contributed by atoms with van der Waals surface area (Å²) in [6, 6.07) is 3.82. The number of amides is 1. The van der Waals surface area contributed by atoms with Gasteiger partial charge in [-0.25, -0.2) is 22.2 Å². The molecule has 0 saturated carbocycles. The summed E-state index contributed by atoms with van der Waals surface area (Å²) in [6.45, 7) is 1.40. The first-order chi connectivity index (χ1) is 16.2. The second-order valence-electron chi connectivity index (χ2n) is 7.38. The van der Waals surface area contributed by atoms with Crippen LogP contribution in [0.15, 0.2) is 41.0 Å². The topological polar surface area (TPSA) is 111 Å². The first kappa shape index (κ1) is 25.9. The van der Waals surface area contributed by atoms with Crippen LogP contribution in [0.1, 0.15) is 34.6 Å². The fourth-order valence-electron chi connectivity index (χ4n) is 3.05. The van der Waals surface area contributed by atoms with Crippen LogP contribution >= 0.6 is 0 Å². The molecule has 2 aromatic carbocycles. The number of sulfonamides is 1. The van der Waals surface area contributed by atoms with E-state index >= 15 is 0 Å². The number of hydrogen-bond donors (Lipinski definition) is 2. The number of halogens is 5. The van der Waals surface area contributed by atoms with Gasteiger partial charge in [0.25, 0.3) is 5.91 Å². The largest absolute Gasteiger partial charge is 0.496 e. The van der Waals surface area contributed by atoms with Crippen molar-refractivity contribution in [3.05, 3.63) is 65.1 Å². The Kier molecular flexibility index (Phi) is 7.06. The van der Waals surface area contributed by atoms with Gasteiger partial charge in [-0.15, -0.1) is 0 Å². The van der Waals surface area contributed by atoms with E-state index in [9.17, 15) is 35.2 Å². The van der Waals surface area contributed by atoms with E-state index < -0.39 is 56.8 Å². The number of rotatable bonds is 7. The Morgan fingerprint density at radius 3 is 2.31 bits per heavy atom. The zero-order chi connectivity index (χ0) is 26.1. The number of carbonyl (C=O) groups is 1. The number of anilines is 1. The number of aromatic nitrogens is 1. The van der Waals surface area contributed by atoms with Crippen molar-refractivity contribution in [2.75, 3.05) is 18.1 Å². The molecule has 0 radical (unpaired) electrons. The van der Waals surface area contributed by atoms with Crippen LogP contribution in [0.5, 0.6) is 5.75 Å². The molecule has 0 saturated heterocycles. The normalized spacial score (nSPS) is 12.8. The number of hydrogen-bond acceptors (Lipinski definition) is 6. The van der Waals surface area contributed by atoms with Crippen molar-refractivity contribution in [1.82, 2.24) is 10.3 Å². The van der Waals surface area contributed by atoms with Gasteiger partial charge >= 0.3 is 6.18 Å². The standard InChI is InChI=1S/C21H18F5N3O5S/c1-10(12-7-14(22)18(15(23)8-12)29-35(3,31)32)27-19(30)16-9-34-20(28-16)11-4-5-17(33-2)13(6-11)21(24,25)26/h4-10,29H,1-3H3,(H,27,30)/t10-/m1/s1. The summed E-state index contributed by atoms with van der Waals surface area (Å²) in [5, 5.41) is 2.42. The molecule has 1 aromatic heterocycles. The molecule has 0 fully saturated rings. The highest BCUT2D eigenvalue weighted by Crippen LogP contribution is 2.38. The van der Waals surface area contributed by atoms with Crippen molar-refractivity contribution in [1.29, 1.82) is 0 Å². The van der Waals surface area contributed by atoms with Gasteiger partial charge in [0.1, 0.15) is 17.7 Å². The Morgan fingerprint density at radius 2 is 1.77 bits per heavy atom. The van der Waals surface area contributed by atoms with Crippen LogP contribution in [-0.4, -0.2) is 32.7 Å². The Labute approximate surface area is 196 Å². The molecule has 0 aliphatic rings. The van der Waals surface area contributed by atoms with Gasteiger partial charge in [0, 0.05) is 5.56 Å². The molecule has 0 spiro atoms. The first-order valence-electron chi connectivity index (χ1n) is 9.68. The minimum absolute atomic E-state index is 0.0268. The lowest BCUT2D eigenvalue weighted by atomic mass is 10.1. The van der Waals surface area contributed by atoms with E-state index in [4.69, 9.17) is 9.15 Å². The van der Waals surface area contributed by atoms with Gasteiger partial charge in [-0.3, -0.25) is 9.52 Å². The molecule has 14 heteroatoms. The lowest BCUT2D eigenvalue weighted by Gasteiger charge is -2.15. The Hall–Kier alpha value is -3.68. The fourth-order valence-corrected chi connectivity index (χ4v) is 3.62. The van der Waals surface area contributed by atoms with E-state index in [1.54, 1.807) is 4.72 Å². The summed E-state index contributed by atoms with van der Waals surface area (Å²) in [5.41, 5.74) is -2.32. The molecule has 1 atom stereocenters. The highest BCUT2D eigenvalue weighted by atomic mass is 32.2. The summed E-state index contributed by atoms with van der Waals surface area (Å²) in [4.78, 5) is 16.4. The SMILES string of the molecule is COc1ccc(-c2nc(C(=O)N[C@H](C)c3cc(F)c(NS(C)(=O)=O)c(F)c3)co2)cc1C(F)(F)F. The molecule has 2 N–H and O–H groups in total. The average Bonchev–Trinajstić information content (AvgIpc) is 3.25. The maximum Gasteiger partial charge on any atom is 0.419 e. The second-order valence-corrected chi connectivity index (χ2v) is 9.13.